The molecular weight excluding hydrogens is 270 g/mol. The van der Waals surface area contributed by atoms with Gasteiger partial charge in [0.2, 0.25) is 14.2 Å². The zero-order valence-corrected chi connectivity index (χ0v) is 14.9. The Balaban J connectivity index is 2.65. The molecule has 2 heterocycles. The van der Waals surface area contributed by atoms with Crippen molar-refractivity contribution in [3.05, 3.63) is 18.1 Å². The van der Waals surface area contributed by atoms with Gasteiger partial charge in [0.25, 0.3) is 0 Å². The van der Waals surface area contributed by atoms with Crippen LogP contribution in [-0.2, 0) is 0 Å². The molecule has 2 aromatic rings. The number of hydrogen-bond donors (Lipinski definition) is 0. The maximum Gasteiger partial charge on any atom is 0.244 e. The van der Waals surface area contributed by atoms with E-state index >= 15 is 0 Å². The maximum absolute atomic E-state index is 6.11. The van der Waals surface area contributed by atoms with Crippen LogP contribution in [0.3, 0.4) is 0 Å². The molecule has 0 saturated heterocycles. The summed E-state index contributed by atoms with van der Waals surface area (Å²) in [6, 6.07) is 2.09. The van der Waals surface area contributed by atoms with Gasteiger partial charge < -0.3 is 8.66 Å². The summed E-state index contributed by atoms with van der Waals surface area (Å²) in [7, 11) is -3.13. The molecule has 104 valence electrons. The van der Waals surface area contributed by atoms with Gasteiger partial charge in [-0.1, -0.05) is 19.6 Å². The van der Waals surface area contributed by atoms with Gasteiger partial charge >= 0.3 is 0 Å². The first kappa shape index (κ1) is 14.3. The minimum Gasteiger partial charge on any atom is -0.531 e. The molecule has 6 heteroatoms. The SMILES string of the molecule is Cc1nc(O[Si](C)(C)C)c2ccn([Si](C)(C)C)c2n1. The van der Waals surface area contributed by atoms with Crippen LogP contribution in [0.15, 0.2) is 12.3 Å². The molecule has 0 aliphatic carbocycles. The van der Waals surface area contributed by atoms with E-state index in [-0.39, 0.29) is 0 Å². The van der Waals surface area contributed by atoms with Crippen molar-refractivity contribution in [2.45, 2.75) is 46.2 Å². The van der Waals surface area contributed by atoms with Crippen LogP contribution in [0.25, 0.3) is 11.0 Å². The molecule has 0 N–H and O–H groups in total. The van der Waals surface area contributed by atoms with Crippen LogP contribution in [-0.4, -0.2) is 30.8 Å². The monoisotopic (exact) mass is 293 g/mol. The van der Waals surface area contributed by atoms with E-state index in [2.05, 4.69) is 65.7 Å². The minimum atomic E-state index is -1.66. The van der Waals surface area contributed by atoms with Gasteiger partial charge in [0.05, 0.1) is 5.39 Å². The zero-order chi connectivity index (χ0) is 14.4. The maximum atomic E-state index is 6.11. The second-order valence-electron chi connectivity index (χ2n) is 6.88. The molecule has 0 aromatic carbocycles. The van der Waals surface area contributed by atoms with Crippen LogP contribution in [0.4, 0.5) is 0 Å². The number of hydrogen-bond acceptors (Lipinski definition) is 3. The standard InChI is InChI=1S/C13H23N3OSi2/c1-10-14-12-11(8-9-16(12)18(2,3)4)13(15-10)17-19(5,6)7/h8-9H,1-7H3. The van der Waals surface area contributed by atoms with Gasteiger partial charge in [-0.25, -0.2) is 4.98 Å². The summed E-state index contributed by atoms with van der Waals surface area (Å²) >= 11 is 0. The smallest absolute Gasteiger partial charge is 0.244 e. The average Bonchev–Trinajstić information content (AvgIpc) is 2.57. The molecule has 0 aliphatic heterocycles. The molecule has 0 spiro atoms. The molecule has 0 amide bonds. The van der Waals surface area contributed by atoms with Crippen LogP contribution in [0.2, 0.25) is 39.3 Å². The largest absolute Gasteiger partial charge is 0.531 e. The summed E-state index contributed by atoms with van der Waals surface area (Å²) < 4.78 is 8.43. The van der Waals surface area contributed by atoms with Crippen LogP contribution in [0.1, 0.15) is 5.82 Å². The first-order valence-corrected chi connectivity index (χ1v) is 13.5. The number of aryl methyl sites for hydroxylation is 1. The molecular formula is C13H23N3OSi2. The molecule has 2 aromatic heterocycles. The molecule has 0 radical (unpaired) electrons. The highest BCUT2D eigenvalue weighted by Gasteiger charge is 2.24. The van der Waals surface area contributed by atoms with Crippen molar-refractivity contribution >= 4 is 27.6 Å². The van der Waals surface area contributed by atoms with E-state index in [1.54, 1.807) is 0 Å². The van der Waals surface area contributed by atoms with Gasteiger partial charge in [0.15, 0.2) is 8.24 Å². The highest BCUT2D eigenvalue weighted by Crippen LogP contribution is 2.27. The van der Waals surface area contributed by atoms with Crippen molar-refractivity contribution in [3.63, 3.8) is 0 Å². The highest BCUT2D eigenvalue weighted by atomic mass is 28.4. The molecule has 0 bridgehead atoms. The fraction of sp³-hybridized carbons (Fsp3) is 0.538. The van der Waals surface area contributed by atoms with Crippen LogP contribution in [0.5, 0.6) is 5.88 Å². The third-order valence-electron chi connectivity index (χ3n) is 2.75. The van der Waals surface area contributed by atoms with E-state index in [1.165, 1.54) is 0 Å². The molecule has 4 nitrogen and oxygen atoms in total. The average molecular weight is 294 g/mol. The lowest BCUT2D eigenvalue weighted by Gasteiger charge is -2.21. The lowest BCUT2D eigenvalue weighted by Crippen LogP contribution is -2.32. The van der Waals surface area contributed by atoms with Gasteiger partial charge in [-0.05, 0) is 38.8 Å². The van der Waals surface area contributed by atoms with Gasteiger partial charge in [-0.15, -0.1) is 0 Å². The second kappa shape index (κ2) is 4.45. The summed E-state index contributed by atoms with van der Waals surface area (Å²) in [6.07, 6.45) is 2.13. The lowest BCUT2D eigenvalue weighted by molar-refractivity contribution is 0.538. The third-order valence-corrected chi connectivity index (χ3v) is 5.36. The van der Waals surface area contributed by atoms with Crippen LogP contribution >= 0.6 is 0 Å². The first-order valence-electron chi connectivity index (χ1n) is 6.63. The lowest BCUT2D eigenvalue weighted by atomic mass is 10.4. The fourth-order valence-electron chi connectivity index (χ4n) is 2.00. The zero-order valence-electron chi connectivity index (χ0n) is 12.9. The Hall–Kier alpha value is -1.15. The molecule has 0 saturated carbocycles. The second-order valence-corrected chi connectivity index (χ2v) is 16.1. The molecule has 0 aliphatic rings. The van der Waals surface area contributed by atoms with Crippen molar-refractivity contribution in [2.75, 3.05) is 0 Å². The van der Waals surface area contributed by atoms with Crippen molar-refractivity contribution in [3.8, 4) is 5.88 Å². The predicted molar refractivity (Wildman–Crippen MR) is 85.0 cm³/mol. The summed E-state index contributed by atoms with van der Waals surface area (Å²) in [5, 5.41) is 1.04. The normalized spacial score (nSPS) is 13.0. The Labute approximate surface area is 117 Å². The summed E-state index contributed by atoms with van der Waals surface area (Å²) in [6.45, 7) is 15.4. The van der Waals surface area contributed by atoms with E-state index in [0.717, 1.165) is 22.7 Å². The van der Waals surface area contributed by atoms with E-state index in [1.807, 2.05) is 6.92 Å². The van der Waals surface area contributed by atoms with Crippen molar-refractivity contribution in [2.24, 2.45) is 0 Å². The Kier molecular flexibility index (Phi) is 3.34. The number of rotatable bonds is 3. The molecule has 2 rings (SSSR count). The van der Waals surface area contributed by atoms with Crippen molar-refractivity contribution in [1.29, 1.82) is 0 Å². The van der Waals surface area contributed by atoms with Gasteiger partial charge in [-0.3, -0.25) is 0 Å². The minimum absolute atomic E-state index is 0.749. The van der Waals surface area contributed by atoms with Gasteiger partial charge in [0.1, 0.15) is 11.5 Å². The van der Waals surface area contributed by atoms with Crippen molar-refractivity contribution in [1.82, 2.24) is 14.2 Å². The summed E-state index contributed by atoms with van der Waals surface area (Å²) in [5.41, 5.74) is 1.01. The Morgan fingerprint density at radius 2 is 1.68 bits per heavy atom. The van der Waals surface area contributed by atoms with Crippen LogP contribution < -0.4 is 4.43 Å². The Morgan fingerprint density at radius 3 is 2.21 bits per heavy atom. The van der Waals surface area contributed by atoms with E-state index < -0.39 is 16.6 Å². The van der Waals surface area contributed by atoms with E-state index in [0.29, 0.717) is 0 Å². The van der Waals surface area contributed by atoms with Crippen LogP contribution in [0, 0.1) is 6.92 Å². The summed E-state index contributed by atoms with van der Waals surface area (Å²) in [5.74, 6) is 1.53. The topological polar surface area (TPSA) is 39.9 Å². The predicted octanol–water partition coefficient (Wildman–Crippen LogP) is 3.64. The fourth-order valence-corrected chi connectivity index (χ4v) is 4.06. The molecule has 0 unspecified atom stereocenters. The molecule has 19 heavy (non-hydrogen) atoms. The van der Waals surface area contributed by atoms with Gasteiger partial charge in [-0.2, -0.15) is 4.98 Å². The van der Waals surface area contributed by atoms with E-state index in [4.69, 9.17) is 4.43 Å². The molecule has 0 fully saturated rings. The Morgan fingerprint density at radius 1 is 1.05 bits per heavy atom. The van der Waals surface area contributed by atoms with E-state index in [9.17, 15) is 0 Å². The first-order chi connectivity index (χ1) is 8.58. The molecule has 0 atom stereocenters. The highest BCUT2D eigenvalue weighted by molar-refractivity contribution is 6.75. The summed E-state index contributed by atoms with van der Waals surface area (Å²) in [4.78, 5) is 9.10. The number of fused-ring (bicyclic) bond motifs is 1. The quantitative estimate of drug-likeness (QED) is 0.811. The third kappa shape index (κ3) is 3.06. The number of nitrogens with zero attached hydrogens (tertiary/aromatic N) is 3. The number of aromatic nitrogens is 3. The van der Waals surface area contributed by atoms with Crippen molar-refractivity contribution < 1.29 is 4.43 Å². The van der Waals surface area contributed by atoms with Gasteiger partial charge in [0, 0.05) is 0 Å². The Bertz CT molecular complexity index is 609.